The van der Waals surface area contributed by atoms with Gasteiger partial charge in [0.2, 0.25) is 0 Å². The Kier molecular flexibility index (Phi) is 3.30. The van der Waals surface area contributed by atoms with Gasteiger partial charge < -0.3 is 5.11 Å². The molecular weight excluding hydrogens is 148 g/mol. The summed E-state index contributed by atoms with van der Waals surface area (Å²) in [7, 11) is 0. The average Bonchev–Trinajstić information content (AvgIpc) is 1.99. The van der Waals surface area contributed by atoms with Gasteiger partial charge in [0, 0.05) is 6.61 Å². The molecule has 66 valence electrons. The van der Waals surface area contributed by atoms with Crippen LogP contribution in [0.4, 0.5) is 0 Å². The van der Waals surface area contributed by atoms with Crippen molar-refractivity contribution in [3.8, 4) is 0 Å². The first-order chi connectivity index (χ1) is 5.72. The van der Waals surface area contributed by atoms with Gasteiger partial charge in [-0.15, -0.1) is 0 Å². The highest BCUT2D eigenvalue weighted by molar-refractivity contribution is 5.28. The third-order valence-corrected chi connectivity index (χ3v) is 1.91. The van der Waals surface area contributed by atoms with Crippen LogP contribution >= 0.6 is 0 Å². The van der Waals surface area contributed by atoms with E-state index in [1.165, 1.54) is 16.7 Å². The molecule has 0 aromatic heterocycles. The van der Waals surface area contributed by atoms with Crippen LogP contribution in [0.15, 0.2) is 18.2 Å². The molecule has 1 N–H and O–H groups in total. The minimum atomic E-state index is 0.285. The lowest BCUT2D eigenvalue weighted by Crippen LogP contribution is -1.91. The number of rotatable bonds is 3. The quantitative estimate of drug-likeness (QED) is 0.726. The van der Waals surface area contributed by atoms with Gasteiger partial charge in [-0.3, -0.25) is 0 Å². The first-order valence-electron chi connectivity index (χ1n) is 4.40. The van der Waals surface area contributed by atoms with Crippen LogP contribution in [0.5, 0.6) is 0 Å². The summed E-state index contributed by atoms with van der Waals surface area (Å²) >= 11 is 0. The van der Waals surface area contributed by atoms with Crippen molar-refractivity contribution in [3.63, 3.8) is 0 Å². The summed E-state index contributed by atoms with van der Waals surface area (Å²) in [6.07, 6.45) is 1.85. The molecule has 1 aromatic carbocycles. The van der Waals surface area contributed by atoms with E-state index in [2.05, 4.69) is 32.0 Å². The fourth-order valence-electron chi connectivity index (χ4n) is 1.50. The molecule has 1 rings (SSSR count). The molecular formula is C11H16O. The largest absolute Gasteiger partial charge is 0.396 e. The van der Waals surface area contributed by atoms with Gasteiger partial charge >= 0.3 is 0 Å². The van der Waals surface area contributed by atoms with E-state index >= 15 is 0 Å². The topological polar surface area (TPSA) is 20.2 Å². The van der Waals surface area contributed by atoms with Crippen LogP contribution in [0.3, 0.4) is 0 Å². The van der Waals surface area contributed by atoms with Crippen LogP contribution in [0.1, 0.15) is 23.1 Å². The lowest BCUT2D eigenvalue weighted by atomic mass is 10.0. The Balaban J connectivity index is 2.72. The molecule has 0 unspecified atom stereocenters. The van der Waals surface area contributed by atoms with Crippen molar-refractivity contribution in [1.29, 1.82) is 0 Å². The fourth-order valence-corrected chi connectivity index (χ4v) is 1.50. The van der Waals surface area contributed by atoms with Crippen LogP contribution in [-0.2, 0) is 6.42 Å². The molecule has 1 nitrogen and oxygen atoms in total. The van der Waals surface area contributed by atoms with E-state index in [-0.39, 0.29) is 6.61 Å². The monoisotopic (exact) mass is 164 g/mol. The SMILES string of the molecule is Cc1cc(C)cc(CCCO)c1. The van der Waals surface area contributed by atoms with Crippen molar-refractivity contribution < 1.29 is 5.11 Å². The van der Waals surface area contributed by atoms with Gasteiger partial charge in [0.05, 0.1) is 0 Å². The highest BCUT2D eigenvalue weighted by Gasteiger charge is 1.94. The van der Waals surface area contributed by atoms with E-state index < -0.39 is 0 Å². The maximum absolute atomic E-state index is 8.67. The third-order valence-electron chi connectivity index (χ3n) is 1.91. The number of aliphatic hydroxyl groups excluding tert-OH is 1. The molecule has 0 fully saturated rings. The van der Waals surface area contributed by atoms with Crippen LogP contribution in [0.2, 0.25) is 0 Å². The van der Waals surface area contributed by atoms with Gasteiger partial charge in [-0.05, 0) is 32.3 Å². The number of hydrogen-bond donors (Lipinski definition) is 1. The first kappa shape index (κ1) is 9.27. The van der Waals surface area contributed by atoms with Crippen molar-refractivity contribution in [2.24, 2.45) is 0 Å². The van der Waals surface area contributed by atoms with Crippen LogP contribution in [0, 0.1) is 13.8 Å². The zero-order chi connectivity index (χ0) is 8.97. The minimum absolute atomic E-state index is 0.285. The van der Waals surface area contributed by atoms with Crippen LogP contribution < -0.4 is 0 Å². The Labute approximate surface area is 74.1 Å². The second-order valence-corrected chi connectivity index (χ2v) is 3.32. The Hall–Kier alpha value is -0.820. The number of aryl methyl sites for hydroxylation is 3. The second kappa shape index (κ2) is 4.27. The molecule has 0 saturated heterocycles. The number of benzene rings is 1. The minimum Gasteiger partial charge on any atom is -0.396 e. The van der Waals surface area contributed by atoms with Crippen molar-refractivity contribution >= 4 is 0 Å². The smallest absolute Gasteiger partial charge is 0.0434 e. The van der Waals surface area contributed by atoms with Crippen LogP contribution in [-0.4, -0.2) is 11.7 Å². The molecule has 0 heterocycles. The molecule has 1 heteroatoms. The Bertz CT molecular complexity index is 233. The lowest BCUT2D eigenvalue weighted by Gasteiger charge is -2.03. The molecule has 0 aliphatic carbocycles. The van der Waals surface area contributed by atoms with E-state index in [1.54, 1.807) is 0 Å². The predicted octanol–water partition coefficient (Wildman–Crippen LogP) is 2.23. The Morgan fingerprint density at radius 1 is 1.08 bits per heavy atom. The van der Waals surface area contributed by atoms with Gasteiger partial charge in [-0.2, -0.15) is 0 Å². The van der Waals surface area contributed by atoms with E-state index in [4.69, 9.17) is 5.11 Å². The summed E-state index contributed by atoms with van der Waals surface area (Å²) in [4.78, 5) is 0. The van der Waals surface area contributed by atoms with Gasteiger partial charge in [0.15, 0.2) is 0 Å². The summed E-state index contributed by atoms with van der Waals surface area (Å²) < 4.78 is 0. The molecule has 12 heavy (non-hydrogen) atoms. The molecule has 0 radical (unpaired) electrons. The van der Waals surface area contributed by atoms with Crippen molar-refractivity contribution in [1.82, 2.24) is 0 Å². The molecule has 1 aromatic rings. The summed E-state index contributed by atoms with van der Waals surface area (Å²) in [5.41, 5.74) is 3.95. The van der Waals surface area contributed by atoms with E-state index in [0.717, 1.165) is 12.8 Å². The van der Waals surface area contributed by atoms with Crippen molar-refractivity contribution in [2.75, 3.05) is 6.61 Å². The maximum Gasteiger partial charge on any atom is 0.0434 e. The van der Waals surface area contributed by atoms with Crippen molar-refractivity contribution in [3.05, 3.63) is 34.9 Å². The first-order valence-corrected chi connectivity index (χ1v) is 4.40. The molecule has 0 amide bonds. The molecule has 0 saturated carbocycles. The van der Waals surface area contributed by atoms with Gasteiger partial charge in [-0.25, -0.2) is 0 Å². The Morgan fingerprint density at radius 2 is 1.67 bits per heavy atom. The highest BCUT2D eigenvalue weighted by Crippen LogP contribution is 2.10. The molecule has 0 spiro atoms. The summed E-state index contributed by atoms with van der Waals surface area (Å²) in [6, 6.07) is 6.54. The normalized spacial score (nSPS) is 10.2. The standard InChI is InChI=1S/C11H16O/c1-9-6-10(2)8-11(7-9)4-3-5-12/h6-8,12H,3-5H2,1-2H3. The lowest BCUT2D eigenvalue weighted by molar-refractivity contribution is 0.288. The fraction of sp³-hybridized carbons (Fsp3) is 0.455. The summed E-state index contributed by atoms with van der Waals surface area (Å²) in [6.45, 7) is 4.50. The zero-order valence-electron chi connectivity index (χ0n) is 7.80. The highest BCUT2D eigenvalue weighted by atomic mass is 16.2. The second-order valence-electron chi connectivity index (χ2n) is 3.32. The van der Waals surface area contributed by atoms with Gasteiger partial charge in [0.1, 0.15) is 0 Å². The molecule has 0 atom stereocenters. The number of aliphatic hydroxyl groups is 1. The molecule has 0 aliphatic rings. The van der Waals surface area contributed by atoms with E-state index in [1.807, 2.05) is 0 Å². The van der Waals surface area contributed by atoms with Gasteiger partial charge in [0.25, 0.3) is 0 Å². The summed E-state index contributed by atoms with van der Waals surface area (Å²) in [5.74, 6) is 0. The number of hydrogen-bond acceptors (Lipinski definition) is 1. The summed E-state index contributed by atoms with van der Waals surface area (Å²) in [5, 5.41) is 8.67. The maximum atomic E-state index is 8.67. The third kappa shape index (κ3) is 2.67. The Morgan fingerprint density at radius 3 is 2.17 bits per heavy atom. The zero-order valence-corrected chi connectivity index (χ0v) is 7.80. The van der Waals surface area contributed by atoms with Crippen LogP contribution in [0.25, 0.3) is 0 Å². The predicted molar refractivity (Wildman–Crippen MR) is 51.3 cm³/mol. The van der Waals surface area contributed by atoms with E-state index in [9.17, 15) is 0 Å². The van der Waals surface area contributed by atoms with Crippen molar-refractivity contribution in [2.45, 2.75) is 26.7 Å². The molecule has 0 bridgehead atoms. The average molecular weight is 164 g/mol. The van der Waals surface area contributed by atoms with E-state index in [0.29, 0.717) is 0 Å². The van der Waals surface area contributed by atoms with Gasteiger partial charge in [-0.1, -0.05) is 29.3 Å². The molecule has 0 aliphatic heterocycles.